The van der Waals surface area contributed by atoms with Gasteiger partial charge in [0.15, 0.2) is 5.25 Å². The number of carboxylic acid groups (broad SMARTS) is 4. The molecular formula is C23H43NNa2O12S. The van der Waals surface area contributed by atoms with Gasteiger partial charge in [0.1, 0.15) is 6.04 Å². The van der Waals surface area contributed by atoms with Crippen LogP contribution in [0.2, 0.25) is 0 Å². The maximum absolute atomic E-state index is 11.7. The Morgan fingerprint density at radius 3 is 1.44 bits per heavy atom. The van der Waals surface area contributed by atoms with Crippen LogP contribution in [0.4, 0.5) is 0 Å². The Labute approximate surface area is 277 Å². The van der Waals surface area contributed by atoms with Crippen LogP contribution in [0.5, 0.6) is 0 Å². The molecule has 13 nitrogen and oxygen atoms in total. The number of carboxylic acids is 4. The van der Waals surface area contributed by atoms with Gasteiger partial charge in [0.2, 0.25) is 5.91 Å². The SMILES string of the molecule is CCCCCCCCCCCCCC(=O)N[C@@H](CCC(=O)O)C(=O)O.O=C(O)CC(C(=O)O)S(=O)(=O)O.[H-].[H-].[Na+].[Na+]. The molecule has 0 aromatic rings. The Hall–Kier alpha value is -0.740. The molecule has 0 heterocycles. The molecule has 1 unspecified atom stereocenters. The van der Waals surface area contributed by atoms with Gasteiger partial charge in [-0.1, -0.05) is 71.1 Å². The van der Waals surface area contributed by atoms with Crippen molar-refractivity contribution in [2.75, 3.05) is 0 Å². The van der Waals surface area contributed by atoms with Crippen LogP contribution in [0.3, 0.4) is 0 Å². The van der Waals surface area contributed by atoms with E-state index in [0.717, 1.165) is 19.3 Å². The third kappa shape index (κ3) is 30.1. The van der Waals surface area contributed by atoms with Crippen molar-refractivity contribution in [1.82, 2.24) is 5.32 Å². The van der Waals surface area contributed by atoms with Gasteiger partial charge in [-0.2, -0.15) is 8.42 Å². The zero-order chi connectivity index (χ0) is 28.9. The maximum atomic E-state index is 11.7. The van der Waals surface area contributed by atoms with Crippen molar-refractivity contribution in [3.05, 3.63) is 0 Å². The Bertz CT molecular complexity index is 835. The molecule has 0 aliphatic rings. The molecule has 0 fully saturated rings. The van der Waals surface area contributed by atoms with Crippen molar-refractivity contribution >= 4 is 39.9 Å². The van der Waals surface area contributed by atoms with E-state index in [1.165, 1.54) is 51.4 Å². The van der Waals surface area contributed by atoms with Crippen LogP contribution >= 0.6 is 0 Å². The van der Waals surface area contributed by atoms with Gasteiger partial charge in [0.05, 0.1) is 6.42 Å². The van der Waals surface area contributed by atoms with Gasteiger partial charge in [-0.15, -0.1) is 0 Å². The largest absolute Gasteiger partial charge is 1.00 e. The predicted octanol–water partition coefficient (Wildman–Crippen LogP) is -2.84. The number of unbranched alkanes of at least 4 members (excludes halogenated alkanes) is 10. The Kier molecular flexibility index (Phi) is 31.8. The van der Waals surface area contributed by atoms with E-state index in [0.29, 0.717) is 6.42 Å². The summed E-state index contributed by atoms with van der Waals surface area (Å²) in [6.45, 7) is 2.22. The van der Waals surface area contributed by atoms with E-state index in [-0.39, 0.29) is 80.7 Å². The van der Waals surface area contributed by atoms with Gasteiger partial charge < -0.3 is 28.6 Å². The van der Waals surface area contributed by atoms with Gasteiger partial charge in [-0.25, -0.2) is 4.79 Å². The van der Waals surface area contributed by atoms with E-state index in [1.54, 1.807) is 0 Å². The second kappa shape index (κ2) is 27.4. The fraction of sp³-hybridized carbons (Fsp3) is 0.783. The molecule has 6 N–H and O–H groups in total. The number of hydrogen-bond acceptors (Lipinski definition) is 7. The zero-order valence-electron chi connectivity index (χ0n) is 25.3. The van der Waals surface area contributed by atoms with Crippen LogP contribution in [0, 0.1) is 0 Å². The van der Waals surface area contributed by atoms with Crippen LogP contribution < -0.4 is 64.4 Å². The fourth-order valence-electron chi connectivity index (χ4n) is 3.22. The Morgan fingerprint density at radius 1 is 0.692 bits per heavy atom. The van der Waals surface area contributed by atoms with Crippen LogP contribution in [-0.4, -0.2) is 74.5 Å². The minimum absolute atomic E-state index is 0. The van der Waals surface area contributed by atoms with Gasteiger partial charge >= 0.3 is 83.0 Å². The summed E-state index contributed by atoms with van der Waals surface area (Å²) in [7, 11) is -4.84. The molecule has 0 aromatic carbocycles. The van der Waals surface area contributed by atoms with Crippen molar-refractivity contribution in [2.24, 2.45) is 0 Å². The number of nitrogens with one attached hydrogen (secondary N) is 1. The molecule has 1 amide bonds. The molecule has 0 spiro atoms. The van der Waals surface area contributed by atoms with Crippen molar-refractivity contribution < 1.29 is 119 Å². The molecular weight excluding hydrogens is 560 g/mol. The van der Waals surface area contributed by atoms with E-state index in [2.05, 4.69) is 12.2 Å². The van der Waals surface area contributed by atoms with Crippen molar-refractivity contribution in [3.63, 3.8) is 0 Å². The minimum Gasteiger partial charge on any atom is -1.00 e. The number of carbonyl (C=O) groups excluding carboxylic acids is 1. The van der Waals surface area contributed by atoms with E-state index >= 15 is 0 Å². The minimum atomic E-state index is -4.84. The quantitative estimate of drug-likeness (QED) is 0.0442. The summed E-state index contributed by atoms with van der Waals surface area (Å²) >= 11 is 0. The Balaban J connectivity index is -0.000000164. The van der Waals surface area contributed by atoms with E-state index < -0.39 is 51.7 Å². The second-order valence-corrected chi connectivity index (χ2v) is 10.2. The molecule has 0 aliphatic carbocycles. The number of hydrogen-bond donors (Lipinski definition) is 6. The molecule has 0 rings (SSSR count). The second-order valence-electron chi connectivity index (χ2n) is 8.62. The van der Waals surface area contributed by atoms with Crippen molar-refractivity contribution in [2.45, 2.75) is 115 Å². The molecule has 0 radical (unpaired) electrons. The van der Waals surface area contributed by atoms with Gasteiger partial charge in [0, 0.05) is 12.8 Å². The molecule has 39 heavy (non-hydrogen) atoms. The first-order valence-corrected chi connectivity index (χ1v) is 13.9. The smallest absolute Gasteiger partial charge is 1.00 e. The molecule has 220 valence electrons. The topological polar surface area (TPSA) is 233 Å². The summed E-state index contributed by atoms with van der Waals surface area (Å²) in [6, 6.07) is -1.11. The van der Waals surface area contributed by atoms with E-state index in [4.69, 9.17) is 25.0 Å². The summed E-state index contributed by atoms with van der Waals surface area (Å²) in [4.78, 5) is 53.2. The standard InChI is InChI=1S/C19H35NO5.C4H6O7S.2Na.2H/c1-2-3-4-5-6-7-8-9-10-11-12-13-17(21)20-16(19(24)25)14-15-18(22)23;5-3(6)1-2(4(7)8)12(9,10)11;;;;/h16H,2-15H2,1H3,(H,20,21)(H,22,23)(H,24,25);2H,1H2,(H,5,6)(H,7,8)(H,9,10,11);;;;/q;;2*+1;2*-1/t16-;;;;;/m0...../s1. The zero-order valence-corrected chi connectivity index (χ0v) is 28.1. The first-order chi connectivity index (χ1) is 17.2. The fourth-order valence-corrected chi connectivity index (χ4v) is 3.83. The number of carbonyl (C=O) groups is 5. The van der Waals surface area contributed by atoms with E-state index in [1.807, 2.05) is 0 Å². The Morgan fingerprint density at radius 2 is 1.13 bits per heavy atom. The van der Waals surface area contributed by atoms with Crippen LogP contribution in [0.1, 0.15) is 106 Å². The summed E-state index contributed by atoms with van der Waals surface area (Å²) < 4.78 is 28.7. The van der Waals surface area contributed by atoms with Crippen LogP contribution in [0.15, 0.2) is 0 Å². The average molecular weight is 604 g/mol. The summed E-state index contributed by atoms with van der Waals surface area (Å²) in [6.07, 6.45) is 11.9. The maximum Gasteiger partial charge on any atom is 1.00 e. The first-order valence-electron chi connectivity index (χ1n) is 12.4. The van der Waals surface area contributed by atoms with Gasteiger partial charge in [-0.05, 0) is 12.8 Å². The predicted molar refractivity (Wildman–Crippen MR) is 135 cm³/mol. The van der Waals surface area contributed by atoms with Crippen molar-refractivity contribution in [3.8, 4) is 0 Å². The molecule has 0 saturated heterocycles. The van der Waals surface area contributed by atoms with Crippen LogP contribution in [-0.2, 0) is 34.1 Å². The van der Waals surface area contributed by atoms with Crippen LogP contribution in [0.25, 0.3) is 0 Å². The van der Waals surface area contributed by atoms with Gasteiger partial charge in [0.25, 0.3) is 10.1 Å². The van der Waals surface area contributed by atoms with Crippen molar-refractivity contribution in [1.29, 1.82) is 0 Å². The van der Waals surface area contributed by atoms with Gasteiger partial charge in [-0.3, -0.25) is 23.7 Å². The average Bonchev–Trinajstić information content (AvgIpc) is 2.77. The molecule has 0 aliphatic heterocycles. The van der Waals surface area contributed by atoms with E-state index in [9.17, 15) is 32.4 Å². The monoisotopic (exact) mass is 603 g/mol. The molecule has 0 saturated carbocycles. The first kappa shape index (κ1) is 45.3. The number of aliphatic carboxylic acids is 4. The third-order valence-corrected chi connectivity index (χ3v) is 6.37. The third-order valence-electron chi connectivity index (χ3n) is 5.28. The summed E-state index contributed by atoms with van der Waals surface area (Å²) in [5.41, 5.74) is 0. The summed E-state index contributed by atoms with van der Waals surface area (Å²) in [5, 5.41) is 33.9. The summed E-state index contributed by atoms with van der Waals surface area (Å²) in [5.74, 6) is -6.06. The molecule has 16 heteroatoms. The normalized spacial score (nSPS) is 11.8. The molecule has 0 aromatic heterocycles. The molecule has 0 bridgehead atoms. The molecule has 2 atom stereocenters. The number of rotatable bonds is 21. The number of amides is 1.